The highest BCUT2D eigenvalue weighted by Gasteiger charge is 2.17. The Labute approximate surface area is 115 Å². The molecule has 0 aromatic heterocycles. The molecular weight excluding hydrogens is 242 g/mol. The SMILES string of the molecule is Cc1ccc(SC(C)C(=O)NC(C)C(C)C)cc1. The second-order valence-electron chi connectivity index (χ2n) is 5.11. The molecular formula is C15H23NOS. The number of amides is 1. The first kappa shape index (κ1) is 15.1. The Morgan fingerprint density at radius 3 is 2.17 bits per heavy atom. The van der Waals surface area contributed by atoms with Crippen molar-refractivity contribution in [2.75, 3.05) is 0 Å². The van der Waals surface area contributed by atoms with E-state index in [-0.39, 0.29) is 17.2 Å². The Morgan fingerprint density at radius 1 is 1.11 bits per heavy atom. The van der Waals surface area contributed by atoms with Crippen molar-refractivity contribution >= 4 is 17.7 Å². The molecule has 0 radical (unpaired) electrons. The van der Waals surface area contributed by atoms with Crippen molar-refractivity contribution in [3.05, 3.63) is 29.8 Å². The fourth-order valence-corrected chi connectivity index (χ4v) is 2.26. The smallest absolute Gasteiger partial charge is 0.233 e. The minimum Gasteiger partial charge on any atom is -0.352 e. The zero-order valence-electron chi connectivity index (χ0n) is 11.9. The van der Waals surface area contributed by atoms with Crippen LogP contribution in [0.15, 0.2) is 29.2 Å². The molecule has 18 heavy (non-hydrogen) atoms. The van der Waals surface area contributed by atoms with Gasteiger partial charge in [-0.25, -0.2) is 0 Å². The Hall–Kier alpha value is -0.960. The van der Waals surface area contributed by atoms with Crippen LogP contribution in [0, 0.1) is 12.8 Å². The van der Waals surface area contributed by atoms with Gasteiger partial charge in [0.25, 0.3) is 0 Å². The molecule has 1 aromatic rings. The Kier molecular flexibility index (Phi) is 5.73. The van der Waals surface area contributed by atoms with E-state index in [4.69, 9.17) is 0 Å². The molecule has 1 amide bonds. The highest BCUT2D eigenvalue weighted by atomic mass is 32.2. The topological polar surface area (TPSA) is 29.1 Å². The van der Waals surface area contributed by atoms with Crippen LogP contribution in [0.4, 0.5) is 0 Å². The average molecular weight is 265 g/mol. The predicted molar refractivity (Wildman–Crippen MR) is 78.9 cm³/mol. The summed E-state index contributed by atoms with van der Waals surface area (Å²) in [6.07, 6.45) is 0. The third-order valence-electron chi connectivity index (χ3n) is 3.07. The number of thioether (sulfide) groups is 1. The van der Waals surface area contributed by atoms with E-state index in [9.17, 15) is 4.79 Å². The number of hydrogen-bond acceptors (Lipinski definition) is 2. The summed E-state index contributed by atoms with van der Waals surface area (Å²) in [6, 6.07) is 8.50. The maximum atomic E-state index is 12.0. The molecule has 1 rings (SSSR count). The van der Waals surface area contributed by atoms with Gasteiger partial charge >= 0.3 is 0 Å². The molecule has 2 atom stereocenters. The van der Waals surface area contributed by atoms with Crippen LogP contribution in [0.1, 0.15) is 33.3 Å². The molecule has 0 aliphatic carbocycles. The van der Waals surface area contributed by atoms with Crippen LogP contribution in [0.3, 0.4) is 0 Å². The van der Waals surface area contributed by atoms with E-state index in [0.29, 0.717) is 5.92 Å². The molecule has 3 heteroatoms. The maximum Gasteiger partial charge on any atom is 0.233 e. The van der Waals surface area contributed by atoms with Gasteiger partial charge in [0.1, 0.15) is 0 Å². The Morgan fingerprint density at radius 2 is 1.67 bits per heavy atom. The van der Waals surface area contributed by atoms with Crippen molar-refractivity contribution in [1.82, 2.24) is 5.32 Å². The van der Waals surface area contributed by atoms with Gasteiger partial charge in [0.05, 0.1) is 5.25 Å². The molecule has 0 heterocycles. The van der Waals surface area contributed by atoms with Crippen LogP contribution in [0.25, 0.3) is 0 Å². The van der Waals surface area contributed by atoms with Crippen molar-refractivity contribution < 1.29 is 4.79 Å². The number of rotatable bonds is 5. The number of aryl methyl sites for hydroxylation is 1. The van der Waals surface area contributed by atoms with Gasteiger partial charge in [-0.2, -0.15) is 0 Å². The molecule has 0 saturated carbocycles. The fraction of sp³-hybridized carbons (Fsp3) is 0.533. The average Bonchev–Trinajstić information content (AvgIpc) is 2.31. The summed E-state index contributed by atoms with van der Waals surface area (Å²) in [7, 11) is 0. The van der Waals surface area contributed by atoms with E-state index in [2.05, 4.69) is 50.4 Å². The molecule has 2 unspecified atom stereocenters. The normalized spacial score (nSPS) is 14.3. The van der Waals surface area contributed by atoms with Crippen LogP contribution in [0.5, 0.6) is 0 Å². The molecule has 0 fully saturated rings. The number of carbonyl (C=O) groups excluding carboxylic acids is 1. The summed E-state index contributed by atoms with van der Waals surface area (Å²) in [4.78, 5) is 13.1. The van der Waals surface area contributed by atoms with Gasteiger partial charge in [-0.3, -0.25) is 4.79 Å². The number of benzene rings is 1. The lowest BCUT2D eigenvalue weighted by atomic mass is 10.1. The molecule has 1 N–H and O–H groups in total. The van der Waals surface area contributed by atoms with Crippen molar-refractivity contribution in [3.8, 4) is 0 Å². The van der Waals surface area contributed by atoms with E-state index in [1.165, 1.54) is 5.56 Å². The van der Waals surface area contributed by atoms with E-state index >= 15 is 0 Å². The highest BCUT2D eigenvalue weighted by Crippen LogP contribution is 2.23. The zero-order chi connectivity index (χ0) is 13.7. The van der Waals surface area contributed by atoms with Crippen LogP contribution in [-0.2, 0) is 4.79 Å². The minimum atomic E-state index is -0.0612. The second-order valence-corrected chi connectivity index (χ2v) is 6.53. The summed E-state index contributed by atoms with van der Waals surface area (Å²) in [6.45, 7) is 10.3. The Balaban J connectivity index is 2.52. The van der Waals surface area contributed by atoms with E-state index in [1.54, 1.807) is 11.8 Å². The molecule has 1 aromatic carbocycles. The van der Waals surface area contributed by atoms with E-state index in [1.807, 2.05) is 13.8 Å². The predicted octanol–water partition coefficient (Wildman–Crippen LogP) is 3.64. The van der Waals surface area contributed by atoms with Gasteiger partial charge in [-0.15, -0.1) is 11.8 Å². The lowest BCUT2D eigenvalue weighted by Crippen LogP contribution is -2.40. The summed E-state index contributed by atoms with van der Waals surface area (Å²) in [5, 5.41) is 2.99. The molecule has 100 valence electrons. The number of carbonyl (C=O) groups is 1. The highest BCUT2D eigenvalue weighted by molar-refractivity contribution is 8.00. The molecule has 0 bridgehead atoms. The third-order valence-corrected chi connectivity index (χ3v) is 4.18. The molecule has 0 aliphatic rings. The van der Waals surface area contributed by atoms with Crippen molar-refractivity contribution in [1.29, 1.82) is 0 Å². The Bertz CT molecular complexity index is 386. The van der Waals surface area contributed by atoms with Crippen LogP contribution in [-0.4, -0.2) is 17.2 Å². The largest absolute Gasteiger partial charge is 0.352 e. The van der Waals surface area contributed by atoms with E-state index in [0.717, 1.165) is 4.90 Å². The van der Waals surface area contributed by atoms with Crippen LogP contribution < -0.4 is 5.32 Å². The monoisotopic (exact) mass is 265 g/mol. The first-order valence-electron chi connectivity index (χ1n) is 6.44. The van der Waals surface area contributed by atoms with E-state index < -0.39 is 0 Å². The van der Waals surface area contributed by atoms with Gasteiger partial charge in [-0.05, 0) is 38.8 Å². The van der Waals surface area contributed by atoms with Crippen LogP contribution in [0.2, 0.25) is 0 Å². The van der Waals surface area contributed by atoms with Gasteiger partial charge in [-0.1, -0.05) is 31.5 Å². The summed E-state index contributed by atoms with van der Waals surface area (Å²) in [5.74, 6) is 0.576. The molecule has 2 nitrogen and oxygen atoms in total. The van der Waals surface area contributed by atoms with Gasteiger partial charge in [0, 0.05) is 10.9 Å². The van der Waals surface area contributed by atoms with Gasteiger partial charge in [0.15, 0.2) is 0 Å². The number of hydrogen-bond donors (Lipinski definition) is 1. The zero-order valence-corrected chi connectivity index (χ0v) is 12.7. The fourth-order valence-electron chi connectivity index (χ4n) is 1.38. The van der Waals surface area contributed by atoms with Crippen molar-refractivity contribution in [2.45, 2.75) is 50.8 Å². The van der Waals surface area contributed by atoms with Crippen LogP contribution >= 0.6 is 11.8 Å². The quantitative estimate of drug-likeness (QED) is 0.824. The molecule has 0 aliphatic heterocycles. The maximum absolute atomic E-state index is 12.0. The van der Waals surface area contributed by atoms with Crippen molar-refractivity contribution in [3.63, 3.8) is 0 Å². The lowest BCUT2D eigenvalue weighted by Gasteiger charge is -2.20. The summed E-state index contributed by atoms with van der Waals surface area (Å²) < 4.78 is 0. The lowest BCUT2D eigenvalue weighted by molar-refractivity contribution is -0.121. The van der Waals surface area contributed by atoms with Crippen molar-refractivity contribution in [2.24, 2.45) is 5.92 Å². The summed E-state index contributed by atoms with van der Waals surface area (Å²) >= 11 is 1.60. The third kappa shape index (κ3) is 4.73. The first-order valence-corrected chi connectivity index (χ1v) is 7.32. The van der Waals surface area contributed by atoms with Gasteiger partial charge in [0.2, 0.25) is 5.91 Å². The standard InChI is InChI=1S/C15H23NOS/c1-10(2)12(4)16-15(17)13(5)18-14-8-6-11(3)7-9-14/h6-10,12-13H,1-5H3,(H,16,17). The second kappa shape index (κ2) is 6.83. The first-order chi connectivity index (χ1) is 8.40. The minimum absolute atomic E-state index is 0.0612. The number of nitrogens with one attached hydrogen (secondary N) is 1. The molecule has 0 saturated heterocycles. The molecule has 0 spiro atoms. The summed E-state index contributed by atoms with van der Waals surface area (Å²) in [5.41, 5.74) is 1.24. The van der Waals surface area contributed by atoms with Gasteiger partial charge < -0.3 is 5.32 Å².